The van der Waals surface area contributed by atoms with Crippen LogP contribution in [-0.4, -0.2) is 36.3 Å². The largest absolute Gasteiger partial charge is 0.305 e. The average molecular weight is 274 g/mol. The van der Waals surface area contributed by atoms with E-state index in [9.17, 15) is 4.79 Å². The molecule has 0 bridgehead atoms. The van der Waals surface area contributed by atoms with Gasteiger partial charge in [-0.15, -0.1) is 0 Å². The maximum Gasteiger partial charge on any atom is 0.127 e. The van der Waals surface area contributed by atoms with Crippen LogP contribution < -0.4 is 0 Å². The van der Waals surface area contributed by atoms with Gasteiger partial charge in [-0.3, -0.25) is 4.98 Å². The molecule has 0 radical (unpaired) electrons. The van der Waals surface area contributed by atoms with Crippen LogP contribution in [0.2, 0.25) is 0 Å². The van der Waals surface area contributed by atoms with E-state index in [2.05, 4.69) is 29.9 Å². The standard InChI is InChI=1S/C17H26N2O/c1-15-6-5-9-17(12-15,14-20)13-19(2)11-8-16-7-3-4-10-18-16/h3-4,7,10,14-15H,5-6,8-9,11-13H2,1-2H3. The zero-order valence-electron chi connectivity index (χ0n) is 12.7. The van der Waals surface area contributed by atoms with Crippen molar-refractivity contribution in [2.24, 2.45) is 11.3 Å². The molecule has 20 heavy (non-hydrogen) atoms. The molecule has 2 atom stereocenters. The topological polar surface area (TPSA) is 33.2 Å². The lowest BCUT2D eigenvalue weighted by Crippen LogP contribution is -2.41. The Balaban J connectivity index is 1.86. The van der Waals surface area contributed by atoms with E-state index < -0.39 is 0 Å². The van der Waals surface area contributed by atoms with Gasteiger partial charge in [0.05, 0.1) is 0 Å². The van der Waals surface area contributed by atoms with Gasteiger partial charge in [-0.2, -0.15) is 0 Å². The van der Waals surface area contributed by atoms with Crippen molar-refractivity contribution in [3.63, 3.8) is 0 Å². The molecule has 2 unspecified atom stereocenters. The molecule has 2 rings (SSSR count). The fourth-order valence-electron chi connectivity index (χ4n) is 3.46. The number of carbonyl (C=O) groups excluding carboxylic acids is 1. The predicted molar refractivity (Wildman–Crippen MR) is 81.6 cm³/mol. The number of aromatic nitrogens is 1. The summed E-state index contributed by atoms with van der Waals surface area (Å²) in [6.45, 7) is 4.11. The zero-order valence-corrected chi connectivity index (χ0v) is 12.7. The first-order chi connectivity index (χ1) is 9.63. The van der Waals surface area contributed by atoms with Crippen molar-refractivity contribution in [1.82, 2.24) is 9.88 Å². The maximum absolute atomic E-state index is 11.6. The normalized spacial score (nSPS) is 26.6. The van der Waals surface area contributed by atoms with Crippen LogP contribution in [0.15, 0.2) is 24.4 Å². The molecule has 1 aromatic rings. The third kappa shape index (κ3) is 4.14. The van der Waals surface area contributed by atoms with E-state index in [1.54, 1.807) is 0 Å². The first-order valence-corrected chi connectivity index (χ1v) is 7.68. The number of hydrogen-bond acceptors (Lipinski definition) is 3. The summed E-state index contributed by atoms with van der Waals surface area (Å²) in [4.78, 5) is 18.2. The minimum absolute atomic E-state index is 0.115. The Labute approximate surface area is 122 Å². The molecule has 1 aliphatic rings. The molecule has 0 aromatic carbocycles. The molecule has 0 amide bonds. The second kappa shape index (κ2) is 6.98. The highest BCUT2D eigenvalue weighted by Gasteiger charge is 2.35. The van der Waals surface area contributed by atoms with Gasteiger partial charge in [-0.25, -0.2) is 0 Å². The van der Waals surface area contributed by atoms with Crippen LogP contribution in [0.5, 0.6) is 0 Å². The molecule has 0 aliphatic heterocycles. The number of rotatable bonds is 6. The van der Waals surface area contributed by atoms with Gasteiger partial charge in [0.1, 0.15) is 6.29 Å². The minimum atomic E-state index is -0.115. The van der Waals surface area contributed by atoms with Crippen LogP contribution >= 0.6 is 0 Å². The molecule has 0 N–H and O–H groups in total. The fraction of sp³-hybridized carbons (Fsp3) is 0.647. The summed E-state index contributed by atoms with van der Waals surface area (Å²) in [6.07, 6.45) is 8.56. The summed E-state index contributed by atoms with van der Waals surface area (Å²) >= 11 is 0. The summed E-state index contributed by atoms with van der Waals surface area (Å²) in [5.74, 6) is 0.679. The van der Waals surface area contributed by atoms with E-state index in [1.165, 1.54) is 19.1 Å². The number of likely N-dealkylation sites (N-methyl/N-ethyl adjacent to an activating group) is 1. The Hall–Kier alpha value is -1.22. The third-order valence-corrected chi connectivity index (χ3v) is 4.44. The van der Waals surface area contributed by atoms with Crippen molar-refractivity contribution < 1.29 is 4.79 Å². The summed E-state index contributed by atoms with van der Waals surface area (Å²) in [5.41, 5.74) is 1.01. The van der Waals surface area contributed by atoms with Gasteiger partial charge >= 0.3 is 0 Å². The molecular weight excluding hydrogens is 248 g/mol. The van der Waals surface area contributed by atoms with Crippen LogP contribution in [-0.2, 0) is 11.2 Å². The molecule has 0 saturated heterocycles. The SMILES string of the molecule is CC1CCCC(C=O)(CN(C)CCc2ccccn2)C1. The Bertz CT molecular complexity index is 420. The molecule has 3 nitrogen and oxygen atoms in total. The van der Waals surface area contributed by atoms with Crippen molar-refractivity contribution in [2.45, 2.75) is 39.0 Å². The quantitative estimate of drug-likeness (QED) is 0.748. The van der Waals surface area contributed by atoms with Gasteiger partial charge in [-0.1, -0.05) is 25.8 Å². The highest BCUT2D eigenvalue weighted by Crippen LogP contribution is 2.38. The first-order valence-electron chi connectivity index (χ1n) is 7.68. The molecule has 1 fully saturated rings. The second-order valence-corrected chi connectivity index (χ2v) is 6.49. The van der Waals surface area contributed by atoms with E-state index in [1.807, 2.05) is 18.3 Å². The van der Waals surface area contributed by atoms with Gasteiger partial charge in [-0.05, 0) is 37.9 Å². The highest BCUT2D eigenvalue weighted by molar-refractivity contribution is 5.60. The Morgan fingerprint density at radius 1 is 1.50 bits per heavy atom. The van der Waals surface area contributed by atoms with Crippen LogP contribution in [0.1, 0.15) is 38.3 Å². The minimum Gasteiger partial charge on any atom is -0.305 e. The van der Waals surface area contributed by atoms with Gasteiger partial charge in [0, 0.05) is 36.8 Å². The number of carbonyl (C=O) groups is 1. The monoisotopic (exact) mass is 274 g/mol. The third-order valence-electron chi connectivity index (χ3n) is 4.44. The van der Waals surface area contributed by atoms with Gasteiger partial charge < -0.3 is 9.69 Å². The van der Waals surface area contributed by atoms with Crippen molar-refractivity contribution in [3.05, 3.63) is 30.1 Å². The zero-order chi connectivity index (χ0) is 14.4. The van der Waals surface area contributed by atoms with E-state index in [-0.39, 0.29) is 5.41 Å². The van der Waals surface area contributed by atoms with E-state index in [4.69, 9.17) is 0 Å². The average Bonchev–Trinajstić information content (AvgIpc) is 2.46. The fourth-order valence-corrected chi connectivity index (χ4v) is 3.46. The molecule has 1 aromatic heterocycles. The van der Waals surface area contributed by atoms with Crippen LogP contribution in [0, 0.1) is 11.3 Å². The summed E-state index contributed by atoms with van der Waals surface area (Å²) in [5, 5.41) is 0. The lowest BCUT2D eigenvalue weighted by molar-refractivity contribution is -0.119. The van der Waals surface area contributed by atoms with Crippen molar-refractivity contribution >= 4 is 6.29 Å². The molecule has 3 heteroatoms. The van der Waals surface area contributed by atoms with Crippen LogP contribution in [0.4, 0.5) is 0 Å². The highest BCUT2D eigenvalue weighted by atomic mass is 16.1. The van der Waals surface area contributed by atoms with Crippen molar-refractivity contribution in [3.8, 4) is 0 Å². The number of pyridine rings is 1. The molecule has 1 heterocycles. The predicted octanol–water partition coefficient (Wildman–Crippen LogP) is 2.95. The first kappa shape index (κ1) is 15.2. The van der Waals surface area contributed by atoms with Gasteiger partial charge in [0.2, 0.25) is 0 Å². The lowest BCUT2D eigenvalue weighted by atomic mass is 9.71. The number of aldehydes is 1. The van der Waals surface area contributed by atoms with Crippen LogP contribution in [0.25, 0.3) is 0 Å². The van der Waals surface area contributed by atoms with Gasteiger partial charge in [0.25, 0.3) is 0 Å². The maximum atomic E-state index is 11.6. The van der Waals surface area contributed by atoms with Crippen LogP contribution in [0.3, 0.4) is 0 Å². The van der Waals surface area contributed by atoms with Gasteiger partial charge in [0.15, 0.2) is 0 Å². The number of hydrogen-bond donors (Lipinski definition) is 0. The summed E-state index contributed by atoms with van der Waals surface area (Å²) in [7, 11) is 2.12. The molecule has 1 saturated carbocycles. The molecule has 0 spiro atoms. The van der Waals surface area contributed by atoms with Crippen molar-refractivity contribution in [2.75, 3.05) is 20.1 Å². The Morgan fingerprint density at radius 2 is 2.35 bits per heavy atom. The Morgan fingerprint density at radius 3 is 3.00 bits per heavy atom. The number of nitrogens with zero attached hydrogens (tertiary/aromatic N) is 2. The summed E-state index contributed by atoms with van der Waals surface area (Å²) < 4.78 is 0. The summed E-state index contributed by atoms with van der Waals surface area (Å²) in [6, 6.07) is 6.03. The lowest BCUT2D eigenvalue weighted by Gasteiger charge is -2.38. The van der Waals surface area contributed by atoms with E-state index >= 15 is 0 Å². The van der Waals surface area contributed by atoms with Crippen molar-refractivity contribution in [1.29, 1.82) is 0 Å². The second-order valence-electron chi connectivity index (χ2n) is 6.49. The van der Waals surface area contributed by atoms with E-state index in [0.29, 0.717) is 5.92 Å². The Kier molecular flexibility index (Phi) is 5.30. The molecule has 1 aliphatic carbocycles. The smallest absolute Gasteiger partial charge is 0.127 e. The molecule has 110 valence electrons. The van der Waals surface area contributed by atoms with E-state index in [0.717, 1.165) is 38.0 Å². The molecular formula is C17H26N2O.